The minimum absolute atomic E-state index is 0.652. The molecule has 3 N–H and O–H groups in total. The van der Waals surface area contributed by atoms with Crippen molar-refractivity contribution in [1.82, 2.24) is 4.90 Å². The number of hydrogen-bond acceptors (Lipinski definition) is 3. The summed E-state index contributed by atoms with van der Waals surface area (Å²) in [5, 5.41) is 0. The molecule has 0 radical (unpaired) electrons. The first kappa shape index (κ1) is 12.2. The van der Waals surface area contributed by atoms with Gasteiger partial charge in [0.05, 0.1) is 39.6 Å². The van der Waals surface area contributed by atoms with E-state index in [4.69, 9.17) is 10.6 Å². The molecule has 0 unspecified atom stereocenters. The van der Waals surface area contributed by atoms with Crippen molar-refractivity contribution in [2.75, 3.05) is 39.4 Å². The Morgan fingerprint density at radius 1 is 1.31 bits per heavy atom. The Hall–Kier alpha value is -1.91. The van der Waals surface area contributed by atoms with E-state index in [9.17, 15) is 0 Å². The number of benzene rings is 1. The molecule has 0 atom stereocenters. The van der Waals surface area contributed by atoms with Crippen LogP contribution in [0, 0.1) is 0 Å². The lowest BCUT2D eigenvalue weighted by molar-refractivity contribution is -0.480. The molecule has 1 aromatic rings. The number of nitrogen functional groups attached to an aromatic ring is 1. The third-order valence-corrected chi connectivity index (χ3v) is 1.98. The predicted molar refractivity (Wildman–Crippen MR) is 66.4 cm³/mol. The monoisotopic (exact) mass is 223 g/mol. The highest BCUT2D eigenvalue weighted by Gasteiger charge is 2.14. The van der Waals surface area contributed by atoms with E-state index in [1.54, 1.807) is 0 Å². The third kappa shape index (κ3) is 3.05. The standard InChI is InChI=1S/C11H19N4O/c1-14(2)11(15(3)4)16-13-10-8-6-5-7-9(10)12/h5-8,13H,12H2,1-4H3/q+1. The van der Waals surface area contributed by atoms with E-state index in [-0.39, 0.29) is 0 Å². The van der Waals surface area contributed by atoms with Gasteiger partial charge in [0.2, 0.25) is 0 Å². The Balaban J connectivity index is 2.71. The quantitative estimate of drug-likeness (QED) is 0.256. The summed E-state index contributed by atoms with van der Waals surface area (Å²) in [5.74, 6) is 0. The Morgan fingerprint density at radius 3 is 2.44 bits per heavy atom. The molecule has 0 heterocycles. The second kappa shape index (κ2) is 5.25. The fraction of sp³-hybridized carbons (Fsp3) is 0.364. The minimum Gasteiger partial charge on any atom is -0.397 e. The zero-order valence-corrected chi connectivity index (χ0v) is 10.2. The number of hydrogen-bond donors (Lipinski definition) is 2. The molecule has 0 aliphatic carbocycles. The summed E-state index contributed by atoms with van der Waals surface area (Å²) in [7, 11) is 7.63. The van der Waals surface area contributed by atoms with E-state index < -0.39 is 0 Å². The van der Waals surface area contributed by atoms with Crippen molar-refractivity contribution < 1.29 is 9.41 Å². The van der Waals surface area contributed by atoms with Crippen molar-refractivity contribution >= 4 is 17.4 Å². The average molecular weight is 223 g/mol. The maximum absolute atomic E-state index is 5.78. The number of nitrogens with one attached hydrogen (secondary N) is 1. The van der Waals surface area contributed by atoms with Gasteiger partial charge in [0, 0.05) is 0 Å². The van der Waals surface area contributed by atoms with Crippen LogP contribution in [0.1, 0.15) is 0 Å². The lowest BCUT2D eigenvalue weighted by Gasteiger charge is -2.13. The topological polar surface area (TPSA) is 53.5 Å². The fourth-order valence-corrected chi connectivity index (χ4v) is 1.27. The van der Waals surface area contributed by atoms with E-state index in [0.29, 0.717) is 11.7 Å². The number of para-hydroxylation sites is 2. The fourth-order valence-electron chi connectivity index (χ4n) is 1.27. The van der Waals surface area contributed by atoms with Gasteiger partial charge in [-0.15, -0.1) is 0 Å². The van der Waals surface area contributed by atoms with Crippen LogP contribution in [0.4, 0.5) is 11.4 Å². The SMILES string of the molecule is CN(C)C(ONc1ccccc1N)=[N+](C)C. The molecule has 0 aliphatic heterocycles. The van der Waals surface area contributed by atoms with Gasteiger partial charge >= 0.3 is 6.02 Å². The van der Waals surface area contributed by atoms with E-state index in [0.717, 1.165) is 5.69 Å². The van der Waals surface area contributed by atoms with Gasteiger partial charge in [0.1, 0.15) is 0 Å². The molecule has 0 spiro atoms. The molecule has 5 heteroatoms. The largest absolute Gasteiger partial charge is 0.470 e. The Kier molecular flexibility index (Phi) is 3.99. The van der Waals surface area contributed by atoms with Gasteiger partial charge in [-0.1, -0.05) is 12.1 Å². The second-order valence-corrected chi connectivity index (χ2v) is 3.86. The van der Waals surface area contributed by atoms with Crippen LogP contribution < -0.4 is 11.2 Å². The molecular weight excluding hydrogens is 204 g/mol. The van der Waals surface area contributed by atoms with Gasteiger partial charge in [0.15, 0.2) is 0 Å². The van der Waals surface area contributed by atoms with Gasteiger partial charge in [-0.2, -0.15) is 0 Å². The molecule has 0 bridgehead atoms. The lowest BCUT2D eigenvalue weighted by Crippen LogP contribution is -2.33. The molecule has 0 fully saturated rings. The molecule has 0 aromatic heterocycles. The highest BCUT2D eigenvalue weighted by Crippen LogP contribution is 2.16. The molecule has 16 heavy (non-hydrogen) atoms. The first-order valence-electron chi connectivity index (χ1n) is 5.01. The molecule has 5 nitrogen and oxygen atoms in total. The normalized spacial score (nSPS) is 9.50. The zero-order chi connectivity index (χ0) is 12.1. The summed E-state index contributed by atoms with van der Waals surface area (Å²) in [6.45, 7) is 0. The molecule has 0 saturated heterocycles. The Bertz CT molecular complexity index is 383. The molecule has 0 aliphatic rings. The van der Waals surface area contributed by atoms with Crippen LogP contribution in [0.15, 0.2) is 24.3 Å². The van der Waals surface area contributed by atoms with Crippen LogP contribution in [0.5, 0.6) is 0 Å². The van der Waals surface area contributed by atoms with E-state index in [2.05, 4.69) is 5.48 Å². The van der Waals surface area contributed by atoms with Gasteiger partial charge in [0.25, 0.3) is 0 Å². The van der Waals surface area contributed by atoms with Gasteiger partial charge < -0.3 is 10.6 Å². The van der Waals surface area contributed by atoms with E-state index >= 15 is 0 Å². The summed E-state index contributed by atoms with van der Waals surface area (Å²) in [6.07, 6.45) is 0. The molecule has 0 saturated carbocycles. The Labute approximate surface area is 96.1 Å². The molecular formula is C11H19N4O+. The van der Waals surface area contributed by atoms with Gasteiger partial charge in [-0.3, -0.25) is 0 Å². The molecule has 0 amide bonds. The summed E-state index contributed by atoms with van der Waals surface area (Å²) in [6, 6.07) is 8.15. The summed E-state index contributed by atoms with van der Waals surface area (Å²) in [4.78, 5) is 7.34. The third-order valence-electron chi connectivity index (χ3n) is 1.98. The van der Waals surface area contributed by atoms with Crippen LogP contribution in [0.3, 0.4) is 0 Å². The van der Waals surface area contributed by atoms with Crippen LogP contribution in [-0.2, 0) is 4.84 Å². The first-order valence-corrected chi connectivity index (χ1v) is 5.01. The number of nitrogens with two attached hydrogens (primary N) is 1. The maximum Gasteiger partial charge on any atom is 0.470 e. The number of anilines is 2. The van der Waals surface area contributed by atoms with Crippen LogP contribution in [0.25, 0.3) is 0 Å². The predicted octanol–water partition coefficient (Wildman–Crippen LogP) is 0.802. The molecule has 88 valence electrons. The van der Waals surface area contributed by atoms with Crippen LogP contribution in [0.2, 0.25) is 0 Å². The number of amidine groups is 1. The average Bonchev–Trinajstić information content (AvgIpc) is 2.20. The van der Waals surface area contributed by atoms with E-state index in [1.807, 2.05) is 61.9 Å². The highest BCUT2D eigenvalue weighted by atomic mass is 16.7. The summed E-state index contributed by atoms with van der Waals surface area (Å²) < 4.78 is 1.87. The van der Waals surface area contributed by atoms with Gasteiger partial charge in [-0.25, -0.2) is 15.0 Å². The lowest BCUT2D eigenvalue weighted by atomic mass is 10.3. The number of rotatable bonds is 2. The second-order valence-electron chi connectivity index (χ2n) is 3.86. The summed E-state index contributed by atoms with van der Waals surface area (Å²) >= 11 is 0. The summed E-state index contributed by atoms with van der Waals surface area (Å²) in [5.41, 5.74) is 10.0. The van der Waals surface area contributed by atoms with Crippen molar-refractivity contribution in [3.8, 4) is 0 Å². The Morgan fingerprint density at radius 2 is 1.94 bits per heavy atom. The maximum atomic E-state index is 5.78. The first-order chi connectivity index (χ1) is 7.52. The highest BCUT2D eigenvalue weighted by molar-refractivity contribution is 5.71. The van der Waals surface area contributed by atoms with Crippen molar-refractivity contribution in [3.63, 3.8) is 0 Å². The number of nitrogens with zero attached hydrogens (tertiary/aromatic N) is 2. The van der Waals surface area contributed by atoms with E-state index in [1.165, 1.54) is 0 Å². The van der Waals surface area contributed by atoms with Crippen molar-refractivity contribution in [3.05, 3.63) is 24.3 Å². The minimum atomic E-state index is 0.652. The van der Waals surface area contributed by atoms with Crippen molar-refractivity contribution in [2.24, 2.45) is 0 Å². The smallest absolute Gasteiger partial charge is 0.397 e. The van der Waals surface area contributed by atoms with Crippen molar-refractivity contribution in [1.29, 1.82) is 0 Å². The zero-order valence-electron chi connectivity index (χ0n) is 10.2. The van der Waals surface area contributed by atoms with Crippen LogP contribution >= 0.6 is 0 Å². The molecule has 1 rings (SSSR count). The molecule has 1 aromatic carbocycles. The van der Waals surface area contributed by atoms with Crippen LogP contribution in [-0.4, -0.2) is 43.7 Å². The van der Waals surface area contributed by atoms with Crippen molar-refractivity contribution in [2.45, 2.75) is 0 Å². The van der Waals surface area contributed by atoms with Gasteiger partial charge in [-0.05, 0) is 12.1 Å².